The largest absolute Gasteiger partial charge is 0.444 e. The Morgan fingerprint density at radius 3 is 2.40 bits per heavy atom. The number of ether oxygens (including phenoxy) is 1. The summed E-state index contributed by atoms with van der Waals surface area (Å²) in [4.78, 5) is 14.2. The Morgan fingerprint density at radius 2 is 1.88 bits per heavy atom. The third-order valence-corrected chi connectivity index (χ3v) is 4.99. The molecule has 2 aliphatic rings. The summed E-state index contributed by atoms with van der Waals surface area (Å²) in [6, 6.07) is 3.20. The molecule has 2 aliphatic heterocycles. The van der Waals surface area contributed by atoms with Crippen LogP contribution in [0.15, 0.2) is 18.2 Å². The Hall–Kier alpha value is -1.69. The first-order valence-corrected chi connectivity index (χ1v) is 8.74. The molecule has 0 saturated carbocycles. The van der Waals surface area contributed by atoms with Gasteiger partial charge in [-0.3, -0.25) is 0 Å². The maximum Gasteiger partial charge on any atom is 0.410 e. The second-order valence-electron chi connectivity index (χ2n) is 8.32. The van der Waals surface area contributed by atoms with Crippen LogP contribution in [0, 0.1) is 11.6 Å². The first-order valence-electron chi connectivity index (χ1n) is 8.74. The number of hydrogen-bond donors (Lipinski definition) is 1. The summed E-state index contributed by atoms with van der Waals surface area (Å²) in [5, 5.41) is 11.0. The van der Waals surface area contributed by atoms with E-state index in [-0.39, 0.29) is 24.6 Å². The number of aliphatic hydroxyl groups is 1. The molecule has 25 heavy (non-hydrogen) atoms. The number of carbonyl (C=O) groups is 1. The predicted molar refractivity (Wildman–Crippen MR) is 89.1 cm³/mol. The summed E-state index contributed by atoms with van der Waals surface area (Å²) >= 11 is 0. The minimum Gasteiger partial charge on any atom is -0.444 e. The molecule has 4 nitrogen and oxygen atoms in total. The van der Waals surface area contributed by atoms with Gasteiger partial charge in [0.05, 0.1) is 5.60 Å². The van der Waals surface area contributed by atoms with Crippen molar-refractivity contribution in [1.82, 2.24) is 4.90 Å². The van der Waals surface area contributed by atoms with Gasteiger partial charge in [0.1, 0.15) is 17.2 Å². The Bertz CT molecular complexity index is 657. The molecule has 2 saturated heterocycles. The monoisotopic (exact) mass is 353 g/mol. The van der Waals surface area contributed by atoms with Gasteiger partial charge in [0, 0.05) is 24.6 Å². The number of rotatable bonds is 2. The zero-order valence-corrected chi connectivity index (χ0v) is 14.9. The lowest BCUT2D eigenvalue weighted by Crippen LogP contribution is -2.55. The van der Waals surface area contributed by atoms with E-state index in [0.717, 1.165) is 18.9 Å². The van der Waals surface area contributed by atoms with E-state index in [0.29, 0.717) is 18.4 Å². The Labute approximate surface area is 146 Å². The van der Waals surface area contributed by atoms with Gasteiger partial charge in [-0.2, -0.15) is 0 Å². The smallest absolute Gasteiger partial charge is 0.410 e. The van der Waals surface area contributed by atoms with E-state index in [4.69, 9.17) is 4.74 Å². The highest BCUT2D eigenvalue weighted by atomic mass is 19.1. The molecule has 0 spiro atoms. The Balaban J connectivity index is 1.73. The van der Waals surface area contributed by atoms with Crippen LogP contribution < -0.4 is 0 Å². The predicted octanol–water partition coefficient (Wildman–Crippen LogP) is 3.80. The van der Waals surface area contributed by atoms with Crippen LogP contribution in [0.25, 0.3) is 0 Å². The molecule has 1 aromatic carbocycles. The summed E-state index contributed by atoms with van der Waals surface area (Å²) < 4.78 is 32.5. The van der Waals surface area contributed by atoms with Crippen molar-refractivity contribution >= 4 is 6.09 Å². The molecule has 0 aromatic heterocycles. The van der Waals surface area contributed by atoms with Gasteiger partial charge < -0.3 is 14.7 Å². The highest BCUT2D eigenvalue weighted by molar-refractivity contribution is 5.69. The van der Waals surface area contributed by atoms with Crippen molar-refractivity contribution in [3.05, 3.63) is 35.4 Å². The van der Waals surface area contributed by atoms with Gasteiger partial charge in [-0.25, -0.2) is 13.6 Å². The molecule has 0 unspecified atom stereocenters. The quantitative estimate of drug-likeness (QED) is 0.880. The van der Waals surface area contributed by atoms with Crippen molar-refractivity contribution < 1.29 is 23.4 Å². The first kappa shape index (κ1) is 18.1. The number of halogens is 2. The molecule has 2 heterocycles. The van der Waals surface area contributed by atoms with E-state index < -0.39 is 22.8 Å². The minimum absolute atomic E-state index is 0.109. The minimum atomic E-state index is -1.09. The highest BCUT2D eigenvalue weighted by Crippen LogP contribution is 2.43. The number of benzene rings is 1. The van der Waals surface area contributed by atoms with E-state index in [9.17, 15) is 18.7 Å². The third kappa shape index (κ3) is 3.94. The molecule has 138 valence electrons. The van der Waals surface area contributed by atoms with E-state index in [1.807, 2.05) is 20.8 Å². The average Bonchev–Trinajstić information content (AvgIpc) is 2.74. The zero-order chi connectivity index (χ0) is 18.4. The molecule has 6 heteroatoms. The lowest BCUT2D eigenvalue weighted by molar-refractivity contribution is -0.0582. The van der Waals surface area contributed by atoms with E-state index in [2.05, 4.69) is 0 Å². The van der Waals surface area contributed by atoms with Gasteiger partial charge in [0.15, 0.2) is 0 Å². The lowest BCUT2D eigenvalue weighted by Gasteiger charge is -2.44. The van der Waals surface area contributed by atoms with Crippen LogP contribution in [-0.2, 0) is 11.2 Å². The average molecular weight is 353 g/mol. The summed E-state index contributed by atoms with van der Waals surface area (Å²) in [6.07, 6.45) is 2.12. The van der Waals surface area contributed by atoms with Crippen molar-refractivity contribution in [2.24, 2.45) is 0 Å². The number of amides is 1. The number of nitrogens with zero attached hydrogens (tertiary/aromatic N) is 1. The van der Waals surface area contributed by atoms with Crippen LogP contribution in [-0.4, -0.2) is 39.4 Å². The summed E-state index contributed by atoms with van der Waals surface area (Å²) in [5.74, 6) is -1.27. The van der Waals surface area contributed by atoms with Gasteiger partial charge in [-0.05, 0) is 58.1 Å². The molecule has 2 fully saturated rings. The molecule has 1 amide bonds. The van der Waals surface area contributed by atoms with Gasteiger partial charge in [0.2, 0.25) is 0 Å². The normalized spacial score (nSPS) is 29.0. The molecule has 2 atom stereocenters. The van der Waals surface area contributed by atoms with Crippen LogP contribution in [0.2, 0.25) is 0 Å². The molecular formula is C19H25F2NO3. The number of hydrogen-bond acceptors (Lipinski definition) is 3. The van der Waals surface area contributed by atoms with Gasteiger partial charge in [-0.15, -0.1) is 0 Å². The van der Waals surface area contributed by atoms with Crippen LogP contribution in [0.3, 0.4) is 0 Å². The van der Waals surface area contributed by atoms with E-state index >= 15 is 0 Å². The summed E-state index contributed by atoms with van der Waals surface area (Å²) in [7, 11) is 0. The second-order valence-corrected chi connectivity index (χ2v) is 8.32. The van der Waals surface area contributed by atoms with Crippen LogP contribution >= 0.6 is 0 Å². The van der Waals surface area contributed by atoms with Gasteiger partial charge in [-0.1, -0.05) is 6.07 Å². The van der Waals surface area contributed by atoms with Crippen LogP contribution in [0.1, 0.15) is 52.0 Å². The maximum atomic E-state index is 13.9. The molecule has 0 aliphatic carbocycles. The lowest BCUT2D eigenvalue weighted by atomic mass is 9.81. The zero-order valence-electron chi connectivity index (χ0n) is 14.9. The fraction of sp³-hybridized carbons (Fsp3) is 0.632. The standard InChI is InChI=1S/C19H25F2NO3/c1-18(2,3)25-17(23)22-14-6-7-15(22)11-19(24,10-14)9-12-4-5-13(20)8-16(12)21/h4-5,8,14-15,24H,6-7,9-11H2,1-3H3/t14-,15-/m0/s1. The number of carbonyl (C=O) groups excluding carboxylic acids is 1. The molecular weight excluding hydrogens is 328 g/mol. The highest BCUT2D eigenvalue weighted by Gasteiger charge is 2.50. The van der Waals surface area contributed by atoms with Crippen molar-refractivity contribution in [2.45, 2.75) is 76.2 Å². The first-order chi connectivity index (χ1) is 11.6. The van der Waals surface area contributed by atoms with Crippen molar-refractivity contribution in [3.63, 3.8) is 0 Å². The molecule has 1 N–H and O–H groups in total. The third-order valence-electron chi connectivity index (χ3n) is 4.99. The van der Waals surface area contributed by atoms with E-state index in [1.165, 1.54) is 12.1 Å². The Kier molecular flexibility index (Phi) is 4.52. The summed E-state index contributed by atoms with van der Waals surface area (Å²) in [5.41, 5.74) is -1.36. The maximum absolute atomic E-state index is 13.9. The van der Waals surface area contributed by atoms with Crippen LogP contribution in [0.5, 0.6) is 0 Å². The summed E-state index contributed by atoms with van der Waals surface area (Å²) in [6.45, 7) is 5.47. The molecule has 2 bridgehead atoms. The second kappa shape index (κ2) is 6.24. The van der Waals surface area contributed by atoms with Gasteiger partial charge in [0.25, 0.3) is 0 Å². The van der Waals surface area contributed by atoms with Crippen LogP contribution in [0.4, 0.5) is 13.6 Å². The molecule has 0 radical (unpaired) electrons. The van der Waals surface area contributed by atoms with E-state index in [1.54, 1.807) is 4.90 Å². The number of fused-ring (bicyclic) bond motifs is 2. The SMILES string of the molecule is CC(C)(C)OC(=O)N1[C@H]2CC[C@H]1CC(O)(Cc1ccc(F)cc1F)C2. The van der Waals surface area contributed by atoms with Crippen molar-refractivity contribution in [3.8, 4) is 0 Å². The topological polar surface area (TPSA) is 49.8 Å². The molecule has 3 rings (SSSR count). The van der Waals surface area contributed by atoms with Gasteiger partial charge >= 0.3 is 6.09 Å². The van der Waals surface area contributed by atoms with Crippen molar-refractivity contribution in [2.75, 3.05) is 0 Å². The number of piperidine rings is 1. The molecule has 1 aromatic rings. The van der Waals surface area contributed by atoms with Crippen molar-refractivity contribution in [1.29, 1.82) is 0 Å². The Morgan fingerprint density at radius 1 is 1.28 bits per heavy atom. The fourth-order valence-electron chi connectivity index (χ4n) is 4.10. The fourth-order valence-corrected chi connectivity index (χ4v) is 4.10.